The van der Waals surface area contributed by atoms with Gasteiger partial charge in [-0.15, -0.1) is 0 Å². The number of hydrogen-bond donors (Lipinski definition) is 1. The molecule has 11 heavy (non-hydrogen) atoms. The molecule has 0 amide bonds. The zero-order valence-corrected chi connectivity index (χ0v) is 7.55. The number of hydrogen-bond acceptors (Lipinski definition) is 2. The Morgan fingerprint density at radius 3 is 2.64 bits per heavy atom. The minimum atomic E-state index is -2.50. The fourth-order valence-corrected chi connectivity index (χ4v) is 0.896. The summed E-state index contributed by atoms with van der Waals surface area (Å²) in [6, 6.07) is 1.24. The second kappa shape index (κ2) is 3.29. The predicted octanol–water partition coefficient (Wildman–Crippen LogP) is 2.21. The van der Waals surface area contributed by atoms with Crippen molar-refractivity contribution in [3.63, 3.8) is 0 Å². The first kappa shape index (κ1) is 8.63. The highest BCUT2D eigenvalue weighted by Crippen LogP contribution is 2.21. The molecule has 0 bridgehead atoms. The summed E-state index contributed by atoms with van der Waals surface area (Å²) in [5, 5.41) is 0. The number of rotatable bonds is 1. The van der Waals surface area contributed by atoms with Crippen LogP contribution >= 0.6 is 22.6 Å². The van der Waals surface area contributed by atoms with Gasteiger partial charge in [-0.05, 0) is 28.7 Å². The van der Waals surface area contributed by atoms with E-state index in [1.165, 1.54) is 6.07 Å². The summed E-state index contributed by atoms with van der Waals surface area (Å²) < 4.78 is 24.5. The van der Waals surface area contributed by atoms with Crippen molar-refractivity contribution in [1.82, 2.24) is 4.98 Å². The van der Waals surface area contributed by atoms with Crippen molar-refractivity contribution >= 4 is 28.3 Å². The number of aromatic nitrogens is 1. The quantitative estimate of drug-likeness (QED) is 0.627. The number of anilines is 1. The van der Waals surface area contributed by atoms with Crippen LogP contribution in [0.5, 0.6) is 0 Å². The lowest BCUT2D eigenvalue weighted by Gasteiger charge is -2.00. The summed E-state index contributed by atoms with van der Waals surface area (Å²) in [4.78, 5) is 3.68. The molecule has 0 spiro atoms. The SMILES string of the molecule is Nc1cc(C(F)F)cnc1I. The first-order valence-electron chi connectivity index (χ1n) is 2.80. The van der Waals surface area contributed by atoms with Crippen molar-refractivity contribution in [2.24, 2.45) is 0 Å². The number of halogens is 3. The van der Waals surface area contributed by atoms with Crippen LogP contribution in [0.2, 0.25) is 0 Å². The van der Waals surface area contributed by atoms with E-state index in [0.29, 0.717) is 9.39 Å². The van der Waals surface area contributed by atoms with Gasteiger partial charge in [0.15, 0.2) is 0 Å². The molecular formula is C6H5F2IN2. The largest absolute Gasteiger partial charge is 0.397 e. The average molecular weight is 270 g/mol. The Hall–Kier alpha value is -0.460. The van der Waals surface area contributed by atoms with Crippen LogP contribution in [-0.2, 0) is 0 Å². The van der Waals surface area contributed by atoms with Gasteiger partial charge >= 0.3 is 0 Å². The molecule has 1 heterocycles. The Morgan fingerprint density at radius 1 is 1.55 bits per heavy atom. The highest BCUT2D eigenvalue weighted by Gasteiger charge is 2.08. The van der Waals surface area contributed by atoms with E-state index in [2.05, 4.69) is 4.98 Å². The van der Waals surface area contributed by atoms with Crippen LogP contribution in [0.15, 0.2) is 12.3 Å². The lowest BCUT2D eigenvalue weighted by molar-refractivity contribution is 0.151. The topological polar surface area (TPSA) is 38.9 Å². The van der Waals surface area contributed by atoms with E-state index < -0.39 is 6.43 Å². The zero-order valence-electron chi connectivity index (χ0n) is 5.39. The molecule has 1 aromatic rings. The molecule has 0 aliphatic rings. The lowest BCUT2D eigenvalue weighted by Crippen LogP contribution is -1.95. The Balaban J connectivity index is 3.05. The smallest absolute Gasteiger partial charge is 0.265 e. The molecule has 1 aromatic heterocycles. The van der Waals surface area contributed by atoms with E-state index in [-0.39, 0.29) is 5.56 Å². The van der Waals surface area contributed by atoms with Crippen molar-refractivity contribution in [2.75, 3.05) is 5.73 Å². The number of nitrogens with zero attached hydrogens (tertiary/aromatic N) is 1. The van der Waals surface area contributed by atoms with Crippen LogP contribution in [0.25, 0.3) is 0 Å². The molecule has 0 saturated carbocycles. The van der Waals surface area contributed by atoms with E-state index in [4.69, 9.17) is 5.73 Å². The third kappa shape index (κ3) is 1.98. The molecule has 60 valence electrons. The fraction of sp³-hybridized carbons (Fsp3) is 0.167. The lowest BCUT2D eigenvalue weighted by atomic mass is 10.3. The maximum Gasteiger partial charge on any atom is 0.265 e. The molecule has 2 nitrogen and oxygen atoms in total. The van der Waals surface area contributed by atoms with E-state index in [1.54, 1.807) is 0 Å². The second-order valence-electron chi connectivity index (χ2n) is 1.95. The molecule has 0 aliphatic carbocycles. The molecule has 0 aliphatic heterocycles. The van der Waals surface area contributed by atoms with Crippen LogP contribution in [0.3, 0.4) is 0 Å². The van der Waals surface area contributed by atoms with E-state index >= 15 is 0 Å². The molecule has 0 unspecified atom stereocenters. The van der Waals surface area contributed by atoms with Crippen LogP contribution in [0.4, 0.5) is 14.5 Å². The van der Waals surface area contributed by atoms with Crippen molar-refractivity contribution in [3.8, 4) is 0 Å². The molecule has 5 heteroatoms. The Kier molecular flexibility index (Phi) is 2.58. The van der Waals surface area contributed by atoms with Gasteiger partial charge in [-0.25, -0.2) is 13.8 Å². The number of nitrogens with two attached hydrogens (primary N) is 1. The molecule has 1 rings (SSSR count). The molecule has 0 fully saturated rings. The van der Waals surface area contributed by atoms with Gasteiger partial charge in [0.05, 0.1) is 5.69 Å². The van der Waals surface area contributed by atoms with Gasteiger partial charge in [0.2, 0.25) is 0 Å². The third-order valence-electron chi connectivity index (χ3n) is 1.14. The summed E-state index contributed by atoms with van der Waals surface area (Å²) in [6.45, 7) is 0. The van der Waals surface area contributed by atoms with Crippen molar-refractivity contribution in [1.29, 1.82) is 0 Å². The van der Waals surface area contributed by atoms with Crippen LogP contribution in [0, 0.1) is 3.70 Å². The summed E-state index contributed by atoms with van der Waals surface area (Å²) in [5.74, 6) is 0. The van der Waals surface area contributed by atoms with Gasteiger partial charge in [0, 0.05) is 11.8 Å². The third-order valence-corrected chi connectivity index (χ3v) is 2.04. The molecule has 0 saturated heterocycles. The standard InChI is InChI=1S/C6H5F2IN2/c7-5(8)3-1-4(10)6(9)11-2-3/h1-2,5H,10H2. The van der Waals surface area contributed by atoms with Crippen molar-refractivity contribution < 1.29 is 8.78 Å². The van der Waals surface area contributed by atoms with Crippen molar-refractivity contribution in [2.45, 2.75) is 6.43 Å². The van der Waals surface area contributed by atoms with Gasteiger partial charge < -0.3 is 5.73 Å². The summed E-state index contributed by atoms with van der Waals surface area (Å²) in [6.07, 6.45) is -1.37. The molecular weight excluding hydrogens is 265 g/mol. The van der Waals surface area contributed by atoms with Gasteiger partial charge in [-0.2, -0.15) is 0 Å². The minimum absolute atomic E-state index is 0.136. The zero-order chi connectivity index (χ0) is 8.43. The molecule has 2 N–H and O–H groups in total. The Bertz CT molecular complexity index is 265. The second-order valence-corrected chi connectivity index (χ2v) is 2.97. The number of alkyl halides is 2. The van der Waals surface area contributed by atoms with E-state index in [0.717, 1.165) is 6.20 Å². The van der Waals surface area contributed by atoms with Crippen molar-refractivity contribution in [3.05, 3.63) is 21.5 Å². The summed E-state index contributed by atoms with van der Waals surface area (Å²) in [7, 11) is 0. The Morgan fingerprint density at radius 2 is 2.18 bits per heavy atom. The van der Waals surface area contributed by atoms with Crippen LogP contribution < -0.4 is 5.73 Å². The van der Waals surface area contributed by atoms with Gasteiger partial charge in [0.1, 0.15) is 3.70 Å². The van der Waals surface area contributed by atoms with E-state index in [9.17, 15) is 8.78 Å². The maximum absolute atomic E-state index is 12.0. The van der Waals surface area contributed by atoms with Gasteiger partial charge in [-0.1, -0.05) is 0 Å². The monoisotopic (exact) mass is 270 g/mol. The normalized spacial score (nSPS) is 10.5. The first-order chi connectivity index (χ1) is 5.11. The average Bonchev–Trinajstić information content (AvgIpc) is 1.94. The van der Waals surface area contributed by atoms with Gasteiger partial charge in [0.25, 0.3) is 6.43 Å². The van der Waals surface area contributed by atoms with Crippen LogP contribution in [0.1, 0.15) is 12.0 Å². The fourth-order valence-electron chi connectivity index (χ4n) is 0.601. The molecule has 0 atom stereocenters. The maximum atomic E-state index is 12.0. The van der Waals surface area contributed by atoms with Crippen LogP contribution in [-0.4, -0.2) is 4.98 Å². The number of pyridine rings is 1. The minimum Gasteiger partial charge on any atom is -0.397 e. The van der Waals surface area contributed by atoms with E-state index in [1.807, 2.05) is 22.6 Å². The summed E-state index contributed by atoms with van der Waals surface area (Å²) >= 11 is 1.88. The first-order valence-corrected chi connectivity index (χ1v) is 3.88. The van der Waals surface area contributed by atoms with Gasteiger partial charge in [-0.3, -0.25) is 0 Å². The highest BCUT2D eigenvalue weighted by molar-refractivity contribution is 14.1. The Labute approximate surface area is 75.9 Å². The summed E-state index contributed by atoms with van der Waals surface area (Å²) in [5.41, 5.74) is 5.51. The molecule has 0 aromatic carbocycles. The molecule has 0 radical (unpaired) electrons. The predicted molar refractivity (Wildman–Crippen MR) is 46.3 cm³/mol. The number of nitrogen functional groups attached to an aromatic ring is 1. The highest BCUT2D eigenvalue weighted by atomic mass is 127.